The van der Waals surface area contributed by atoms with Crippen molar-refractivity contribution < 1.29 is 19.2 Å². The summed E-state index contributed by atoms with van der Waals surface area (Å²) in [5.74, 6) is 0.0154. The number of carbonyl (C=O) groups excluding carboxylic acids is 4. The third-order valence-corrected chi connectivity index (χ3v) is 9.89. The zero-order valence-electron chi connectivity index (χ0n) is 23.5. The largest absolute Gasteiger partial charge is 0.347 e. The zero-order chi connectivity index (χ0) is 29.8. The maximum absolute atomic E-state index is 13.2. The fourth-order valence-electron chi connectivity index (χ4n) is 5.93. The van der Waals surface area contributed by atoms with Crippen LogP contribution in [0.1, 0.15) is 64.9 Å². The minimum Gasteiger partial charge on any atom is -0.347 e. The first kappa shape index (κ1) is 28.2. The summed E-state index contributed by atoms with van der Waals surface area (Å²) < 4.78 is 1.97. The van der Waals surface area contributed by atoms with Crippen molar-refractivity contribution in [2.75, 3.05) is 19.6 Å². The van der Waals surface area contributed by atoms with Gasteiger partial charge in [0.05, 0.1) is 24.1 Å². The molecule has 2 atom stereocenters. The van der Waals surface area contributed by atoms with Crippen molar-refractivity contribution in [1.29, 1.82) is 0 Å². The van der Waals surface area contributed by atoms with Crippen molar-refractivity contribution in [2.24, 2.45) is 10.4 Å². The lowest BCUT2D eigenvalue weighted by molar-refractivity contribution is -0.141. The molecule has 4 amide bonds. The lowest BCUT2D eigenvalue weighted by atomic mass is 9.79. The smallest absolute Gasteiger partial charge is 0.241 e. The predicted molar refractivity (Wildman–Crippen MR) is 157 cm³/mol. The van der Waals surface area contributed by atoms with Crippen molar-refractivity contribution in [3.63, 3.8) is 0 Å². The van der Waals surface area contributed by atoms with Crippen LogP contribution in [0.2, 0.25) is 5.02 Å². The topological polar surface area (TPSA) is 139 Å². The highest BCUT2D eigenvalue weighted by atomic mass is 35.5. The van der Waals surface area contributed by atoms with Crippen LogP contribution in [-0.4, -0.2) is 68.6 Å². The van der Waals surface area contributed by atoms with Gasteiger partial charge >= 0.3 is 0 Å². The quantitative estimate of drug-likeness (QED) is 0.428. The van der Waals surface area contributed by atoms with E-state index in [-0.39, 0.29) is 49.6 Å². The number of imide groups is 1. The molecule has 0 saturated carbocycles. The molecule has 1 aromatic carbocycles. The summed E-state index contributed by atoms with van der Waals surface area (Å²) in [4.78, 5) is 58.1. The van der Waals surface area contributed by atoms with Crippen LogP contribution in [0.3, 0.4) is 0 Å². The first-order valence-corrected chi connectivity index (χ1v) is 15.0. The molecule has 0 aliphatic carbocycles. The molecule has 1 spiro atoms. The highest BCUT2D eigenvalue weighted by Crippen LogP contribution is 2.40. The molecule has 0 radical (unpaired) electrons. The zero-order valence-corrected chi connectivity index (χ0v) is 25.1. The number of amides is 4. The minimum absolute atomic E-state index is 0.0378. The number of nitrogens with zero attached hydrogens (tertiary/aromatic N) is 5. The summed E-state index contributed by atoms with van der Waals surface area (Å²) in [6, 6.07) is 6.81. The second-order valence-electron chi connectivity index (χ2n) is 11.1. The van der Waals surface area contributed by atoms with Crippen LogP contribution in [0.15, 0.2) is 29.3 Å². The number of fused-ring (bicyclic) bond motifs is 3. The number of halogens is 1. The highest BCUT2D eigenvalue weighted by Gasteiger charge is 2.48. The van der Waals surface area contributed by atoms with Gasteiger partial charge in [0.1, 0.15) is 16.9 Å². The second kappa shape index (κ2) is 10.7. The predicted octanol–water partition coefficient (Wildman–Crippen LogP) is 2.96. The van der Waals surface area contributed by atoms with Crippen LogP contribution in [0, 0.1) is 26.2 Å². The van der Waals surface area contributed by atoms with Crippen molar-refractivity contribution >= 4 is 52.3 Å². The number of aliphatic imine (C=N–C) groups is 1. The third kappa shape index (κ3) is 4.92. The van der Waals surface area contributed by atoms with Gasteiger partial charge in [-0.25, -0.2) is 0 Å². The first-order chi connectivity index (χ1) is 20.1. The molecule has 218 valence electrons. The molecule has 2 aromatic heterocycles. The monoisotopic (exact) mass is 607 g/mol. The number of piperidine rings is 1. The number of aromatic nitrogens is 3. The number of rotatable bonds is 5. The van der Waals surface area contributed by atoms with Gasteiger partial charge in [-0.2, -0.15) is 0 Å². The van der Waals surface area contributed by atoms with E-state index in [9.17, 15) is 19.2 Å². The third-order valence-electron chi connectivity index (χ3n) is 8.44. The molecule has 2 N–H and O–H groups in total. The molecule has 6 rings (SSSR count). The number of likely N-dealkylation sites (tertiary alicyclic amines) is 1. The SMILES string of the molecule is Cc1sc2c(c1C)C(c1ccc(Cl)cc1)=N[C@@H](CC(=O)NCC(=O)N1CCC3(CCC(=O)NC3=O)C1)c1nnc(C)n1-2. The fourth-order valence-corrected chi connectivity index (χ4v) is 7.27. The number of aryl methyl sites for hydroxylation is 2. The summed E-state index contributed by atoms with van der Waals surface area (Å²) >= 11 is 7.81. The molecule has 0 bridgehead atoms. The van der Waals surface area contributed by atoms with E-state index in [1.165, 1.54) is 0 Å². The van der Waals surface area contributed by atoms with Crippen molar-refractivity contribution in [2.45, 2.75) is 52.5 Å². The molecule has 42 heavy (non-hydrogen) atoms. The van der Waals surface area contributed by atoms with Crippen molar-refractivity contribution in [3.8, 4) is 5.00 Å². The van der Waals surface area contributed by atoms with Crippen LogP contribution in [-0.2, 0) is 19.2 Å². The Morgan fingerprint density at radius 3 is 2.64 bits per heavy atom. The van der Waals surface area contributed by atoms with Gasteiger partial charge in [-0.3, -0.25) is 34.1 Å². The molecule has 3 aliphatic rings. The van der Waals surface area contributed by atoms with Gasteiger partial charge in [0.2, 0.25) is 23.6 Å². The molecular weight excluding hydrogens is 578 g/mol. The Kier molecular flexibility index (Phi) is 7.22. The maximum atomic E-state index is 13.2. The van der Waals surface area contributed by atoms with Gasteiger partial charge in [0, 0.05) is 40.5 Å². The molecule has 3 aromatic rings. The number of thiophene rings is 1. The van der Waals surface area contributed by atoms with Gasteiger partial charge in [-0.05, 0) is 51.3 Å². The van der Waals surface area contributed by atoms with Crippen LogP contribution < -0.4 is 10.6 Å². The summed E-state index contributed by atoms with van der Waals surface area (Å²) in [5.41, 5.74) is 2.94. The van der Waals surface area contributed by atoms with E-state index in [0.29, 0.717) is 36.1 Å². The summed E-state index contributed by atoms with van der Waals surface area (Å²) in [6.07, 6.45) is 1.15. The molecule has 1 unspecified atom stereocenters. The lowest BCUT2D eigenvalue weighted by Crippen LogP contribution is -2.50. The average molecular weight is 608 g/mol. The molecule has 3 aliphatic heterocycles. The Hall–Kier alpha value is -3.90. The maximum Gasteiger partial charge on any atom is 0.241 e. The minimum atomic E-state index is -0.737. The molecule has 2 fully saturated rings. The Bertz CT molecular complexity index is 1660. The molecule has 13 heteroatoms. The van der Waals surface area contributed by atoms with Gasteiger partial charge < -0.3 is 10.2 Å². The standard InChI is InChI=1S/C29H30ClN7O4S/c1-15-16(2)42-27-24(15)25(18-4-6-19(30)7-5-18)32-20(26-35-34-17(3)37(26)27)12-22(39)31-13-23(40)36-11-10-29(14-36)9-8-21(38)33-28(29)41/h4-7,20H,8-14H2,1-3H3,(H,31,39)(H,33,38,41)/t20-,29?/m0/s1. The van der Waals surface area contributed by atoms with E-state index in [2.05, 4.69) is 34.7 Å². The van der Waals surface area contributed by atoms with Gasteiger partial charge in [0.25, 0.3) is 0 Å². The van der Waals surface area contributed by atoms with Gasteiger partial charge in [-0.15, -0.1) is 21.5 Å². The van der Waals surface area contributed by atoms with Crippen LogP contribution in [0.5, 0.6) is 0 Å². The molecule has 2 saturated heterocycles. The van der Waals surface area contributed by atoms with Crippen LogP contribution in [0.25, 0.3) is 5.00 Å². The van der Waals surface area contributed by atoms with E-state index in [1.54, 1.807) is 16.2 Å². The first-order valence-electron chi connectivity index (χ1n) is 13.8. The highest BCUT2D eigenvalue weighted by molar-refractivity contribution is 7.15. The Morgan fingerprint density at radius 2 is 1.90 bits per heavy atom. The Balaban J connectivity index is 1.22. The fraction of sp³-hybridized carbons (Fsp3) is 0.414. The Morgan fingerprint density at radius 1 is 1.14 bits per heavy atom. The number of benzene rings is 1. The van der Waals surface area contributed by atoms with E-state index in [0.717, 1.165) is 32.3 Å². The van der Waals surface area contributed by atoms with E-state index >= 15 is 0 Å². The second-order valence-corrected chi connectivity index (χ2v) is 12.7. The van der Waals surface area contributed by atoms with Gasteiger partial charge in [-0.1, -0.05) is 23.7 Å². The van der Waals surface area contributed by atoms with E-state index < -0.39 is 11.5 Å². The average Bonchev–Trinajstić information content (AvgIpc) is 3.62. The van der Waals surface area contributed by atoms with Gasteiger partial charge in [0.15, 0.2) is 5.82 Å². The van der Waals surface area contributed by atoms with Crippen molar-refractivity contribution in [3.05, 3.63) is 62.5 Å². The normalized spacial score (nSPS) is 21.5. The number of hydrogen-bond donors (Lipinski definition) is 2. The summed E-state index contributed by atoms with van der Waals surface area (Å²) in [6.45, 7) is 6.44. The molecular formula is C29H30ClN7O4S. The summed E-state index contributed by atoms with van der Waals surface area (Å²) in [5, 5.41) is 15.4. The molecule has 5 heterocycles. The van der Waals surface area contributed by atoms with Crippen molar-refractivity contribution in [1.82, 2.24) is 30.3 Å². The number of carbonyl (C=O) groups is 4. The number of nitrogens with one attached hydrogen (secondary N) is 2. The van der Waals surface area contributed by atoms with Crippen LogP contribution >= 0.6 is 22.9 Å². The molecule has 11 nitrogen and oxygen atoms in total. The van der Waals surface area contributed by atoms with Crippen LogP contribution in [0.4, 0.5) is 0 Å². The summed E-state index contributed by atoms with van der Waals surface area (Å²) in [7, 11) is 0. The van der Waals surface area contributed by atoms with E-state index in [1.807, 2.05) is 35.8 Å². The lowest BCUT2D eigenvalue weighted by Gasteiger charge is -2.31. The Labute approximate surface area is 251 Å². The van der Waals surface area contributed by atoms with E-state index in [4.69, 9.17) is 16.6 Å². The number of hydrogen-bond acceptors (Lipinski definition) is 8.